The molecule has 0 radical (unpaired) electrons. The first-order chi connectivity index (χ1) is 9.79. The minimum absolute atomic E-state index is 0.744. The molecule has 0 aromatic carbocycles. The summed E-state index contributed by atoms with van der Waals surface area (Å²) in [5, 5.41) is 8.08. The maximum absolute atomic E-state index is 4.29. The van der Waals surface area contributed by atoms with E-state index < -0.39 is 0 Å². The van der Waals surface area contributed by atoms with E-state index in [1.807, 2.05) is 10.9 Å². The molecule has 1 aromatic heterocycles. The molecule has 0 amide bonds. The molecule has 3 heteroatoms. The van der Waals surface area contributed by atoms with Gasteiger partial charge in [0.15, 0.2) is 0 Å². The fraction of sp³-hybridized carbons (Fsp3) is 0.824. The zero-order valence-corrected chi connectivity index (χ0v) is 12.8. The first-order valence-electron chi connectivity index (χ1n) is 8.50. The second-order valence-corrected chi connectivity index (χ2v) is 7.21. The maximum Gasteiger partial charge on any atom is 0.0492 e. The molecule has 20 heavy (non-hydrogen) atoms. The molecule has 0 spiro atoms. The molecule has 0 saturated heterocycles. The Morgan fingerprint density at radius 2 is 2.10 bits per heavy atom. The summed E-state index contributed by atoms with van der Waals surface area (Å²) in [6, 6.07) is 2.91. The van der Waals surface area contributed by atoms with Crippen molar-refractivity contribution < 1.29 is 0 Å². The zero-order valence-electron chi connectivity index (χ0n) is 12.8. The Labute approximate surface area is 122 Å². The van der Waals surface area contributed by atoms with Gasteiger partial charge in [0.2, 0.25) is 0 Å². The van der Waals surface area contributed by atoms with Gasteiger partial charge in [-0.25, -0.2) is 0 Å². The van der Waals surface area contributed by atoms with Gasteiger partial charge < -0.3 is 5.32 Å². The third-order valence-electron chi connectivity index (χ3n) is 6.36. The van der Waals surface area contributed by atoms with Crippen molar-refractivity contribution in [2.24, 2.45) is 36.6 Å². The summed E-state index contributed by atoms with van der Waals surface area (Å²) in [6.07, 6.45) is 8.99. The van der Waals surface area contributed by atoms with Crippen molar-refractivity contribution in [1.29, 1.82) is 0 Å². The highest BCUT2D eigenvalue weighted by molar-refractivity contribution is 5.16. The number of hydrogen-bond acceptors (Lipinski definition) is 2. The first kappa shape index (κ1) is 12.9. The van der Waals surface area contributed by atoms with Crippen LogP contribution in [0, 0.1) is 29.6 Å². The van der Waals surface area contributed by atoms with Crippen LogP contribution in [0.2, 0.25) is 0 Å². The summed E-state index contributed by atoms with van der Waals surface area (Å²) in [5.74, 6) is 5.35. The summed E-state index contributed by atoms with van der Waals surface area (Å²) in [6.45, 7) is 3.37. The van der Waals surface area contributed by atoms with Gasteiger partial charge in [-0.2, -0.15) is 5.10 Å². The van der Waals surface area contributed by atoms with E-state index in [1.165, 1.54) is 31.4 Å². The van der Waals surface area contributed by atoms with Crippen LogP contribution in [0.3, 0.4) is 0 Å². The lowest BCUT2D eigenvalue weighted by molar-refractivity contribution is 0.351. The van der Waals surface area contributed by atoms with Crippen LogP contribution in [0.5, 0.6) is 0 Å². The van der Waals surface area contributed by atoms with Gasteiger partial charge in [0.25, 0.3) is 0 Å². The Bertz CT molecular complexity index is 464. The average molecular weight is 273 g/mol. The third kappa shape index (κ3) is 1.93. The molecule has 1 aromatic rings. The lowest BCUT2D eigenvalue weighted by atomic mass is 9.94. The molecule has 2 bridgehead atoms. The van der Waals surface area contributed by atoms with E-state index in [2.05, 4.69) is 30.5 Å². The fourth-order valence-corrected chi connectivity index (χ4v) is 5.57. The highest BCUT2D eigenvalue weighted by atomic mass is 15.2. The van der Waals surface area contributed by atoms with E-state index >= 15 is 0 Å². The van der Waals surface area contributed by atoms with Crippen LogP contribution in [0.25, 0.3) is 0 Å². The summed E-state index contributed by atoms with van der Waals surface area (Å²) in [5.41, 5.74) is 1.38. The normalized spacial score (nSPS) is 39.0. The SMILES string of the molecule is CCNC(CCc1ccnn1C)C1C2C3CCC(C3)C21. The van der Waals surface area contributed by atoms with Gasteiger partial charge >= 0.3 is 0 Å². The number of aromatic nitrogens is 2. The van der Waals surface area contributed by atoms with Crippen molar-refractivity contribution in [2.75, 3.05) is 6.54 Å². The van der Waals surface area contributed by atoms with Crippen LogP contribution in [0.1, 0.15) is 38.3 Å². The summed E-state index contributed by atoms with van der Waals surface area (Å²) >= 11 is 0. The van der Waals surface area contributed by atoms with Crippen molar-refractivity contribution in [3.8, 4) is 0 Å². The second kappa shape index (κ2) is 4.87. The highest BCUT2D eigenvalue weighted by Gasteiger charge is 2.66. The predicted octanol–water partition coefficient (Wildman–Crippen LogP) is 2.62. The minimum Gasteiger partial charge on any atom is -0.314 e. The van der Waals surface area contributed by atoms with Crippen LogP contribution in [-0.2, 0) is 13.5 Å². The van der Waals surface area contributed by atoms with Gasteiger partial charge in [-0.05, 0) is 74.3 Å². The van der Waals surface area contributed by atoms with Crippen molar-refractivity contribution in [1.82, 2.24) is 15.1 Å². The van der Waals surface area contributed by atoms with E-state index in [4.69, 9.17) is 0 Å². The molecule has 1 heterocycles. The Balaban J connectivity index is 1.40. The molecule has 1 N–H and O–H groups in total. The van der Waals surface area contributed by atoms with Gasteiger partial charge in [0.05, 0.1) is 0 Å². The van der Waals surface area contributed by atoms with Crippen molar-refractivity contribution in [3.63, 3.8) is 0 Å². The minimum atomic E-state index is 0.744. The van der Waals surface area contributed by atoms with E-state index in [0.717, 1.165) is 42.2 Å². The zero-order chi connectivity index (χ0) is 13.7. The molecule has 0 aliphatic heterocycles. The number of aryl methyl sites for hydroxylation is 2. The van der Waals surface area contributed by atoms with Crippen molar-refractivity contribution in [2.45, 2.75) is 45.1 Å². The van der Waals surface area contributed by atoms with Gasteiger partial charge in [-0.3, -0.25) is 4.68 Å². The molecule has 3 aliphatic rings. The highest BCUT2D eigenvalue weighted by Crippen LogP contribution is 2.70. The molecular formula is C17H27N3. The summed E-state index contributed by atoms with van der Waals surface area (Å²) in [4.78, 5) is 0. The van der Waals surface area contributed by atoms with Gasteiger partial charge in [-0.15, -0.1) is 0 Å². The number of rotatable bonds is 6. The second-order valence-electron chi connectivity index (χ2n) is 7.21. The van der Waals surface area contributed by atoms with E-state index in [9.17, 15) is 0 Å². The van der Waals surface area contributed by atoms with Gasteiger partial charge in [0.1, 0.15) is 0 Å². The number of fused-ring (bicyclic) bond motifs is 5. The summed E-state index contributed by atoms with van der Waals surface area (Å²) in [7, 11) is 2.06. The number of nitrogens with one attached hydrogen (secondary N) is 1. The Morgan fingerprint density at radius 1 is 1.35 bits per heavy atom. The van der Waals surface area contributed by atoms with E-state index in [1.54, 1.807) is 6.42 Å². The van der Waals surface area contributed by atoms with Crippen LogP contribution in [-0.4, -0.2) is 22.4 Å². The Kier molecular flexibility index (Phi) is 3.13. The van der Waals surface area contributed by atoms with Gasteiger partial charge in [0, 0.05) is 25.0 Å². The Hall–Kier alpha value is -0.830. The topological polar surface area (TPSA) is 29.9 Å². The van der Waals surface area contributed by atoms with Crippen LogP contribution >= 0.6 is 0 Å². The largest absolute Gasteiger partial charge is 0.314 e. The average Bonchev–Trinajstić information content (AvgIpc) is 2.79. The molecule has 5 atom stereocenters. The molecule has 3 fully saturated rings. The first-order valence-corrected chi connectivity index (χ1v) is 8.50. The predicted molar refractivity (Wildman–Crippen MR) is 80.3 cm³/mol. The lowest BCUT2D eigenvalue weighted by Gasteiger charge is -2.21. The Morgan fingerprint density at radius 3 is 2.70 bits per heavy atom. The van der Waals surface area contributed by atoms with Crippen LogP contribution in [0.15, 0.2) is 12.3 Å². The van der Waals surface area contributed by atoms with E-state index in [0.29, 0.717) is 0 Å². The van der Waals surface area contributed by atoms with Crippen LogP contribution < -0.4 is 5.32 Å². The van der Waals surface area contributed by atoms with Crippen molar-refractivity contribution >= 4 is 0 Å². The van der Waals surface area contributed by atoms with Gasteiger partial charge in [-0.1, -0.05) is 6.92 Å². The molecule has 3 saturated carbocycles. The molecule has 110 valence electrons. The maximum atomic E-state index is 4.29. The molecular weight excluding hydrogens is 246 g/mol. The quantitative estimate of drug-likeness (QED) is 0.863. The molecule has 4 rings (SSSR count). The standard InChI is InChI=1S/C17H27N3/c1-3-18-14(7-6-13-8-9-19-20(13)2)17-15-11-4-5-12(10-11)16(15)17/h8-9,11-12,14-18H,3-7,10H2,1-2H3. The molecule has 3 nitrogen and oxygen atoms in total. The lowest BCUT2D eigenvalue weighted by Crippen LogP contribution is -2.34. The fourth-order valence-electron chi connectivity index (χ4n) is 5.57. The number of hydrogen-bond donors (Lipinski definition) is 1. The molecule has 3 aliphatic carbocycles. The number of nitrogens with zero attached hydrogens (tertiary/aromatic N) is 2. The van der Waals surface area contributed by atoms with Crippen molar-refractivity contribution in [3.05, 3.63) is 18.0 Å². The van der Waals surface area contributed by atoms with E-state index in [-0.39, 0.29) is 0 Å². The summed E-state index contributed by atoms with van der Waals surface area (Å²) < 4.78 is 2.03. The smallest absolute Gasteiger partial charge is 0.0492 e. The third-order valence-corrected chi connectivity index (χ3v) is 6.36. The monoisotopic (exact) mass is 273 g/mol. The van der Waals surface area contributed by atoms with Crippen LogP contribution in [0.4, 0.5) is 0 Å². The molecule has 5 unspecified atom stereocenters.